The Balaban J connectivity index is 0.00000112. The largest absolute Gasteiger partial charge is 0.335 e. The third-order valence-corrected chi connectivity index (χ3v) is 3.75. The van der Waals surface area contributed by atoms with E-state index < -0.39 is 0 Å². The Bertz CT molecular complexity index is 213. The number of carbonyl (C=O) groups is 1. The summed E-state index contributed by atoms with van der Waals surface area (Å²) in [7, 11) is 0. The summed E-state index contributed by atoms with van der Waals surface area (Å²) in [4.78, 5) is 14.0. The molecule has 2 aliphatic rings. The topological polar surface area (TPSA) is 32.3 Å². The smallest absolute Gasteiger partial charge is 0.233 e. The van der Waals surface area contributed by atoms with Crippen molar-refractivity contribution in [1.82, 2.24) is 10.2 Å². The standard InChI is InChI=1S/C10H18N2OS.ClH/c1-14-7-10(13)12-8-2-3-9(12)6-11-5-4-8;/h8-9,11H,2-7H2,1H3;1H. The van der Waals surface area contributed by atoms with Crippen LogP contribution in [0, 0.1) is 0 Å². The number of carbonyl (C=O) groups excluding carboxylic acids is 1. The van der Waals surface area contributed by atoms with E-state index in [1.165, 1.54) is 12.8 Å². The van der Waals surface area contributed by atoms with Crippen molar-refractivity contribution in [2.45, 2.75) is 31.3 Å². The fraction of sp³-hybridized carbons (Fsp3) is 0.900. The highest BCUT2D eigenvalue weighted by Crippen LogP contribution is 2.28. The maximum atomic E-state index is 11.9. The summed E-state index contributed by atoms with van der Waals surface area (Å²) in [5.74, 6) is 0.987. The van der Waals surface area contributed by atoms with Gasteiger partial charge in [0.1, 0.15) is 0 Å². The number of fused-ring (bicyclic) bond motifs is 2. The van der Waals surface area contributed by atoms with Gasteiger partial charge in [-0.05, 0) is 32.1 Å². The van der Waals surface area contributed by atoms with Crippen LogP contribution in [0.1, 0.15) is 19.3 Å². The maximum absolute atomic E-state index is 11.9. The molecule has 2 aliphatic heterocycles. The molecule has 1 amide bonds. The lowest BCUT2D eigenvalue weighted by Gasteiger charge is -2.27. The molecule has 0 aromatic carbocycles. The Hall–Kier alpha value is 0.0700. The third-order valence-electron chi connectivity index (χ3n) is 3.21. The fourth-order valence-electron chi connectivity index (χ4n) is 2.59. The minimum absolute atomic E-state index is 0. The summed E-state index contributed by atoms with van der Waals surface area (Å²) in [6, 6.07) is 0.997. The normalized spacial score (nSPS) is 29.5. The predicted octanol–water partition coefficient (Wildman–Crippen LogP) is 1.12. The van der Waals surface area contributed by atoms with Crippen molar-refractivity contribution in [2.75, 3.05) is 25.1 Å². The van der Waals surface area contributed by atoms with Crippen molar-refractivity contribution in [3.8, 4) is 0 Å². The van der Waals surface area contributed by atoms with Crippen molar-refractivity contribution < 1.29 is 4.79 Å². The molecule has 1 N–H and O–H groups in total. The molecule has 0 aromatic rings. The Kier molecular flexibility index (Phi) is 5.23. The summed E-state index contributed by atoms with van der Waals surface area (Å²) < 4.78 is 0. The molecule has 88 valence electrons. The van der Waals surface area contributed by atoms with Crippen molar-refractivity contribution in [3.63, 3.8) is 0 Å². The highest BCUT2D eigenvalue weighted by Gasteiger charge is 2.37. The van der Waals surface area contributed by atoms with Gasteiger partial charge in [0.05, 0.1) is 5.75 Å². The summed E-state index contributed by atoms with van der Waals surface area (Å²) in [5.41, 5.74) is 0. The minimum Gasteiger partial charge on any atom is -0.335 e. The van der Waals surface area contributed by atoms with Gasteiger partial charge in [0.2, 0.25) is 5.91 Å². The molecule has 2 atom stereocenters. The monoisotopic (exact) mass is 250 g/mol. The number of amides is 1. The van der Waals surface area contributed by atoms with Gasteiger partial charge in [-0.1, -0.05) is 0 Å². The number of hydrogen-bond donors (Lipinski definition) is 1. The highest BCUT2D eigenvalue weighted by atomic mass is 35.5. The SMILES string of the molecule is CSCC(=O)N1C2CCNCC1CC2.Cl. The van der Waals surface area contributed by atoms with Gasteiger partial charge in [-0.2, -0.15) is 11.8 Å². The average Bonchev–Trinajstić information content (AvgIpc) is 2.40. The maximum Gasteiger partial charge on any atom is 0.233 e. The second-order valence-electron chi connectivity index (χ2n) is 4.11. The Morgan fingerprint density at radius 2 is 2.13 bits per heavy atom. The minimum atomic E-state index is 0. The second-order valence-corrected chi connectivity index (χ2v) is 4.98. The number of rotatable bonds is 2. The van der Waals surface area contributed by atoms with Crippen LogP contribution in [0.25, 0.3) is 0 Å². The van der Waals surface area contributed by atoms with Gasteiger partial charge in [-0.15, -0.1) is 12.4 Å². The van der Waals surface area contributed by atoms with E-state index in [1.807, 2.05) is 6.26 Å². The lowest BCUT2D eigenvalue weighted by molar-refractivity contribution is -0.130. The summed E-state index contributed by atoms with van der Waals surface area (Å²) in [6.07, 6.45) is 5.54. The lowest BCUT2D eigenvalue weighted by Crippen LogP contribution is -2.43. The molecule has 0 aromatic heterocycles. The number of halogens is 1. The van der Waals surface area contributed by atoms with E-state index in [1.54, 1.807) is 11.8 Å². The van der Waals surface area contributed by atoms with Gasteiger partial charge in [0.25, 0.3) is 0 Å². The first-order valence-electron chi connectivity index (χ1n) is 5.33. The Morgan fingerprint density at radius 1 is 1.40 bits per heavy atom. The van der Waals surface area contributed by atoms with Crippen molar-refractivity contribution in [2.24, 2.45) is 0 Å². The van der Waals surface area contributed by atoms with Crippen molar-refractivity contribution >= 4 is 30.1 Å². The average molecular weight is 251 g/mol. The van der Waals surface area contributed by atoms with Crippen LogP contribution in [0.15, 0.2) is 0 Å². The van der Waals surface area contributed by atoms with Crippen LogP contribution in [-0.4, -0.2) is 48.0 Å². The number of thioether (sulfide) groups is 1. The summed E-state index contributed by atoms with van der Waals surface area (Å²) >= 11 is 1.63. The molecule has 2 heterocycles. The molecule has 2 bridgehead atoms. The molecule has 0 saturated carbocycles. The van der Waals surface area contributed by atoms with Gasteiger partial charge in [-0.25, -0.2) is 0 Å². The molecule has 2 fully saturated rings. The van der Waals surface area contributed by atoms with Crippen LogP contribution < -0.4 is 5.32 Å². The van der Waals surface area contributed by atoms with Crippen LogP contribution in [-0.2, 0) is 4.79 Å². The van der Waals surface area contributed by atoms with Gasteiger partial charge in [0.15, 0.2) is 0 Å². The lowest BCUT2D eigenvalue weighted by atomic mass is 10.1. The molecule has 0 aliphatic carbocycles. The summed E-state index contributed by atoms with van der Waals surface area (Å²) in [5, 5.41) is 3.40. The molecule has 0 radical (unpaired) electrons. The van der Waals surface area contributed by atoms with Gasteiger partial charge in [-0.3, -0.25) is 4.79 Å². The number of nitrogens with one attached hydrogen (secondary N) is 1. The third kappa shape index (κ3) is 2.80. The van der Waals surface area contributed by atoms with E-state index in [4.69, 9.17) is 0 Å². The molecule has 5 heteroatoms. The van der Waals surface area contributed by atoms with Crippen molar-refractivity contribution in [3.05, 3.63) is 0 Å². The van der Waals surface area contributed by atoms with E-state index in [2.05, 4.69) is 10.2 Å². The molecule has 2 rings (SSSR count). The van der Waals surface area contributed by atoms with Crippen LogP contribution in [0.4, 0.5) is 0 Å². The molecule has 15 heavy (non-hydrogen) atoms. The van der Waals surface area contributed by atoms with Crippen LogP contribution in [0.5, 0.6) is 0 Å². The molecular weight excluding hydrogens is 232 g/mol. The van der Waals surface area contributed by atoms with E-state index >= 15 is 0 Å². The van der Waals surface area contributed by atoms with Crippen LogP contribution in [0.2, 0.25) is 0 Å². The Morgan fingerprint density at radius 3 is 2.87 bits per heavy atom. The van der Waals surface area contributed by atoms with E-state index in [9.17, 15) is 4.79 Å². The number of hydrogen-bond acceptors (Lipinski definition) is 3. The predicted molar refractivity (Wildman–Crippen MR) is 66.8 cm³/mol. The molecular formula is C10H19ClN2OS. The van der Waals surface area contributed by atoms with Crippen molar-refractivity contribution in [1.29, 1.82) is 0 Å². The first-order chi connectivity index (χ1) is 6.83. The quantitative estimate of drug-likeness (QED) is 0.798. The highest BCUT2D eigenvalue weighted by molar-refractivity contribution is 7.99. The molecule has 0 spiro atoms. The zero-order valence-corrected chi connectivity index (χ0v) is 10.7. The zero-order valence-electron chi connectivity index (χ0n) is 9.07. The van der Waals surface area contributed by atoms with Gasteiger partial charge in [0, 0.05) is 18.6 Å². The Labute approximate surface area is 102 Å². The molecule has 2 saturated heterocycles. The first-order valence-corrected chi connectivity index (χ1v) is 6.73. The summed E-state index contributed by atoms with van der Waals surface area (Å²) in [6.45, 7) is 2.07. The molecule has 3 nitrogen and oxygen atoms in total. The van der Waals surface area contributed by atoms with Gasteiger partial charge < -0.3 is 10.2 Å². The first kappa shape index (κ1) is 13.1. The fourth-order valence-corrected chi connectivity index (χ4v) is 2.98. The van der Waals surface area contributed by atoms with E-state index in [-0.39, 0.29) is 12.4 Å². The second kappa shape index (κ2) is 5.97. The van der Waals surface area contributed by atoms with Crippen LogP contribution >= 0.6 is 24.2 Å². The number of nitrogens with zero attached hydrogens (tertiary/aromatic N) is 1. The van der Waals surface area contributed by atoms with E-state index in [0.29, 0.717) is 23.7 Å². The molecule has 2 unspecified atom stereocenters. The zero-order chi connectivity index (χ0) is 9.97. The van der Waals surface area contributed by atoms with E-state index in [0.717, 1.165) is 19.5 Å². The van der Waals surface area contributed by atoms with Crippen LogP contribution in [0.3, 0.4) is 0 Å². The van der Waals surface area contributed by atoms with Gasteiger partial charge >= 0.3 is 0 Å².